The molecule has 3 aliphatic rings. The molecule has 242 valence electrons. The normalized spacial score (nSPS) is 20.7. The molecule has 14 heteroatoms. The highest BCUT2D eigenvalue weighted by atomic mass is 32.1. The average molecular weight is 655 g/mol. The number of aromatic nitrogens is 5. The molecule has 2 amide bonds. The standard InChI is InChI=1S/C33H35FN10O2S/c1-20(31(45)42-13-9-22(10-14-42)30-37-17-25(47-30)29-38-19-41(2)40-29)43-15-11-33(18-43)12-16-44(32(33)46)26-8-7-24(35)28(39-26)27(36)21-3-5-23(34)6-4-21/h3-9,17,19-20,36H,10-16,18,35H2,1-2H3/t20?,33-/m0/s1. The number of carbonyl (C=O) groups is 2. The van der Waals surface area contributed by atoms with E-state index in [0.717, 1.165) is 15.5 Å². The third-order valence-corrected chi connectivity index (χ3v) is 10.5. The van der Waals surface area contributed by atoms with E-state index in [1.165, 1.54) is 24.3 Å². The zero-order valence-corrected chi connectivity index (χ0v) is 27.0. The number of thiazole rings is 1. The second-order valence-corrected chi connectivity index (χ2v) is 13.4. The number of hydrogen-bond acceptors (Lipinski definition) is 10. The van der Waals surface area contributed by atoms with Crippen LogP contribution in [0, 0.1) is 16.6 Å². The summed E-state index contributed by atoms with van der Waals surface area (Å²) in [4.78, 5) is 47.6. The number of anilines is 2. The Morgan fingerprint density at radius 2 is 1.89 bits per heavy atom. The molecule has 47 heavy (non-hydrogen) atoms. The van der Waals surface area contributed by atoms with Crippen LogP contribution in [0.25, 0.3) is 16.3 Å². The van der Waals surface area contributed by atoms with Crippen LogP contribution in [0.2, 0.25) is 0 Å². The first-order chi connectivity index (χ1) is 22.6. The Kier molecular flexibility index (Phi) is 7.92. The second-order valence-electron chi connectivity index (χ2n) is 12.4. The molecular formula is C33H35FN10O2S. The molecule has 0 bridgehead atoms. The molecule has 0 aliphatic carbocycles. The molecule has 2 atom stereocenters. The van der Waals surface area contributed by atoms with Crippen LogP contribution in [0.15, 0.2) is 55.0 Å². The van der Waals surface area contributed by atoms with Crippen LogP contribution in [0.1, 0.15) is 42.5 Å². The van der Waals surface area contributed by atoms with Crippen LogP contribution in [0.3, 0.4) is 0 Å². The largest absolute Gasteiger partial charge is 0.397 e. The van der Waals surface area contributed by atoms with Gasteiger partial charge in [-0.2, -0.15) is 5.10 Å². The van der Waals surface area contributed by atoms with E-state index >= 15 is 0 Å². The highest BCUT2D eigenvalue weighted by Gasteiger charge is 2.52. The summed E-state index contributed by atoms with van der Waals surface area (Å²) >= 11 is 1.55. The monoisotopic (exact) mass is 654 g/mol. The van der Waals surface area contributed by atoms with E-state index in [1.54, 1.807) is 45.6 Å². The summed E-state index contributed by atoms with van der Waals surface area (Å²) in [6, 6.07) is 8.59. The van der Waals surface area contributed by atoms with Gasteiger partial charge in [-0.05, 0) is 68.2 Å². The number of nitrogens with zero attached hydrogens (tertiary/aromatic N) is 8. The van der Waals surface area contributed by atoms with E-state index < -0.39 is 11.2 Å². The van der Waals surface area contributed by atoms with Crippen LogP contribution >= 0.6 is 11.3 Å². The third-order valence-electron chi connectivity index (χ3n) is 9.48. The second kappa shape index (κ2) is 12.1. The molecule has 2 saturated heterocycles. The minimum atomic E-state index is -0.595. The smallest absolute Gasteiger partial charge is 0.239 e. The van der Waals surface area contributed by atoms with E-state index in [4.69, 9.17) is 11.1 Å². The lowest BCUT2D eigenvalue weighted by molar-refractivity contribution is -0.136. The summed E-state index contributed by atoms with van der Waals surface area (Å²) < 4.78 is 15.1. The lowest BCUT2D eigenvalue weighted by atomic mass is 9.85. The Morgan fingerprint density at radius 1 is 1.11 bits per heavy atom. The zero-order valence-electron chi connectivity index (χ0n) is 26.2. The summed E-state index contributed by atoms with van der Waals surface area (Å²) in [6.07, 6.45) is 7.57. The fraction of sp³-hybridized carbons (Fsp3) is 0.364. The fourth-order valence-corrected chi connectivity index (χ4v) is 7.60. The van der Waals surface area contributed by atoms with Gasteiger partial charge in [-0.25, -0.2) is 19.3 Å². The Bertz CT molecular complexity index is 1900. The predicted octanol–water partition coefficient (Wildman–Crippen LogP) is 3.60. The molecule has 3 N–H and O–H groups in total. The van der Waals surface area contributed by atoms with Crippen molar-refractivity contribution < 1.29 is 14.0 Å². The molecule has 1 unspecified atom stereocenters. The van der Waals surface area contributed by atoms with Crippen LogP contribution < -0.4 is 10.6 Å². The number of nitrogens with one attached hydrogen (secondary N) is 1. The van der Waals surface area contributed by atoms with Crippen molar-refractivity contribution in [2.75, 3.05) is 43.4 Å². The van der Waals surface area contributed by atoms with Crippen molar-refractivity contribution >= 4 is 45.9 Å². The number of aryl methyl sites for hydroxylation is 1. The van der Waals surface area contributed by atoms with Crippen molar-refractivity contribution in [2.24, 2.45) is 12.5 Å². The predicted molar refractivity (Wildman–Crippen MR) is 177 cm³/mol. The number of pyridine rings is 1. The molecule has 3 aliphatic heterocycles. The maximum atomic E-state index is 13.9. The van der Waals surface area contributed by atoms with Gasteiger partial charge in [0.2, 0.25) is 11.8 Å². The highest BCUT2D eigenvalue weighted by molar-refractivity contribution is 7.16. The molecule has 0 radical (unpaired) electrons. The maximum Gasteiger partial charge on any atom is 0.239 e. The first-order valence-corrected chi connectivity index (χ1v) is 16.4. The number of hydrogen-bond donors (Lipinski definition) is 2. The molecule has 6 heterocycles. The van der Waals surface area contributed by atoms with E-state index in [1.807, 2.05) is 18.9 Å². The number of rotatable bonds is 7. The SMILES string of the molecule is CC(C(=O)N1CC=C(c2ncc(-c3ncn(C)n3)s2)CC1)N1CC[C@]2(CCN(c3ccc(N)c(C(=N)c4ccc(F)cc4)n3)C2=O)C1. The van der Waals surface area contributed by atoms with Gasteiger partial charge in [0.05, 0.1) is 27.7 Å². The van der Waals surface area contributed by atoms with Gasteiger partial charge in [-0.15, -0.1) is 11.3 Å². The third kappa shape index (κ3) is 5.71. The Labute approximate surface area is 275 Å². The molecule has 12 nitrogen and oxygen atoms in total. The van der Waals surface area contributed by atoms with Crippen molar-refractivity contribution in [3.8, 4) is 10.7 Å². The average Bonchev–Trinajstić information content (AvgIpc) is 3.89. The first kappa shape index (κ1) is 30.8. The van der Waals surface area contributed by atoms with Crippen molar-refractivity contribution in [1.29, 1.82) is 5.41 Å². The molecule has 4 aromatic rings. The molecule has 1 spiro atoms. The number of nitrogens with two attached hydrogens (primary N) is 1. The number of amides is 2. The Morgan fingerprint density at radius 3 is 2.62 bits per heavy atom. The number of nitrogen functional groups attached to an aromatic ring is 1. The Hall–Kier alpha value is -4.82. The van der Waals surface area contributed by atoms with Gasteiger partial charge in [0.25, 0.3) is 0 Å². The van der Waals surface area contributed by atoms with Crippen molar-refractivity contribution in [3.05, 3.63) is 77.1 Å². The highest BCUT2D eigenvalue weighted by Crippen LogP contribution is 2.43. The first-order valence-electron chi connectivity index (χ1n) is 15.6. The zero-order chi connectivity index (χ0) is 32.9. The molecular weight excluding hydrogens is 619 g/mol. The van der Waals surface area contributed by atoms with E-state index in [9.17, 15) is 14.0 Å². The van der Waals surface area contributed by atoms with Gasteiger partial charge in [-0.1, -0.05) is 6.08 Å². The van der Waals surface area contributed by atoms with Gasteiger partial charge in [0.1, 0.15) is 28.7 Å². The van der Waals surface area contributed by atoms with Gasteiger partial charge in [0, 0.05) is 51.5 Å². The van der Waals surface area contributed by atoms with Gasteiger partial charge in [0.15, 0.2) is 5.82 Å². The summed E-state index contributed by atoms with van der Waals surface area (Å²) in [5.74, 6) is 0.729. The molecule has 1 aromatic carbocycles. The van der Waals surface area contributed by atoms with Crippen LogP contribution in [-0.2, 0) is 16.6 Å². The number of carbonyl (C=O) groups excluding carboxylic acids is 2. The molecule has 7 rings (SSSR count). The van der Waals surface area contributed by atoms with Crippen molar-refractivity contribution in [2.45, 2.75) is 32.2 Å². The minimum Gasteiger partial charge on any atom is -0.397 e. The van der Waals surface area contributed by atoms with Crippen molar-refractivity contribution in [3.63, 3.8) is 0 Å². The quantitative estimate of drug-likeness (QED) is 0.287. The number of likely N-dealkylation sites (tertiary alicyclic amines) is 1. The topological polar surface area (TPSA) is 150 Å². The summed E-state index contributed by atoms with van der Waals surface area (Å²) in [7, 11) is 1.83. The van der Waals surface area contributed by atoms with Gasteiger partial charge >= 0.3 is 0 Å². The lowest BCUT2D eigenvalue weighted by Gasteiger charge is -2.32. The lowest BCUT2D eigenvalue weighted by Crippen LogP contribution is -2.48. The molecule has 2 fully saturated rings. The van der Waals surface area contributed by atoms with Gasteiger partial charge < -0.3 is 10.6 Å². The summed E-state index contributed by atoms with van der Waals surface area (Å²) in [6.45, 7) is 4.69. The maximum absolute atomic E-state index is 13.9. The summed E-state index contributed by atoms with van der Waals surface area (Å²) in [5.41, 5.74) is 7.79. The van der Waals surface area contributed by atoms with Crippen LogP contribution in [0.4, 0.5) is 15.9 Å². The van der Waals surface area contributed by atoms with E-state index in [-0.39, 0.29) is 29.3 Å². The van der Waals surface area contributed by atoms with E-state index in [0.29, 0.717) is 74.9 Å². The minimum absolute atomic E-state index is 0.0227. The number of halogens is 1. The van der Waals surface area contributed by atoms with Crippen LogP contribution in [0.5, 0.6) is 0 Å². The van der Waals surface area contributed by atoms with Crippen LogP contribution in [-0.4, -0.2) is 90.8 Å². The van der Waals surface area contributed by atoms with E-state index in [2.05, 4.69) is 31.0 Å². The van der Waals surface area contributed by atoms with Gasteiger partial charge in [-0.3, -0.25) is 29.5 Å². The molecule has 3 aromatic heterocycles. The van der Waals surface area contributed by atoms with Crippen molar-refractivity contribution in [1.82, 2.24) is 34.5 Å². The molecule has 0 saturated carbocycles. The fourth-order valence-electron chi connectivity index (χ4n) is 6.68. The number of benzene rings is 1. The Balaban J connectivity index is 0.988. The summed E-state index contributed by atoms with van der Waals surface area (Å²) in [5, 5.41) is 13.9.